The van der Waals surface area contributed by atoms with Gasteiger partial charge in [0.15, 0.2) is 0 Å². The number of anilines is 1. The first-order valence-corrected chi connectivity index (χ1v) is 9.36. The molecule has 0 bridgehead atoms. The maximum absolute atomic E-state index is 12.3. The third-order valence-electron chi connectivity index (χ3n) is 4.99. The third kappa shape index (κ3) is 4.13. The van der Waals surface area contributed by atoms with Gasteiger partial charge in [0.25, 0.3) is 0 Å². The van der Waals surface area contributed by atoms with E-state index in [1.807, 2.05) is 30.3 Å². The van der Waals surface area contributed by atoms with Gasteiger partial charge in [-0.05, 0) is 49.6 Å². The highest BCUT2D eigenvalue weighted by atomic mass is 35.5. The minimum absolute atomic E-state index is 0.0817. The summed E-state index contributed by atoms with van der Waals surface area (Å²) in [6.45, 7) is 0. The molecule has 0 saturated heterocycles. The molecule has 144 valence electrons. The lowest BCUT2D eigenvalue weighted by Gasteiger charge is -2.49. The van der Waals surface area contributed by atoms with Gasteiger partial charge in [0.2, 0.25) is 0 Å². The average molecular weight is 397 g/mol. The molecule has 6 heteroatoms. The Kier molecular flexibility index (Phi) is 5.91. The topological polar surface area (TPSA) is 72.6 Å². The van der Waals surface area contributed by atoms with Crippen LogP contribution in [0.1, 0.15) is 36.8 Å². The molecule has 0 aliphatic heterocycles. The molecular weight excluding hydrogens is 376 g/mol. The normalized spacial score (nSPS) is 14.2. The molecule has 2 amide bonds. The molecule has 1 fully saturated rings. The van der Waals surface area contributed by atoms with E-state index in [4.69, 9.17) is 22.1 Å². The molecule has 3 rings (SSSR count). The fourth-order valence-electron chi connectivity index (χ4n) is 3.44. The number of carbonyl (C=O) groups is 2. The highest BCUT2D eigenvalue weighted by Gasteiger charge is 2.47. The molecule has 0 aromatic heterocycles. The average Bonchev–Trinajstić information content (AvgIpc) is 2.66. The van der Waals surface area contributed by atoms with E-state index in [1.165, 1.54) is 12.0 Å². The Morgan fingerprint density at radius 3 is 2.36 bits per heavy atom. The molecule has 0 spiro atoms. The molecule has 2 aromatic rings. The summed E-state index contributed by atoms with van der Waals surface area (Å²) in [4.78, 5) is 25.6. The quantitative estimate of drug-likeness (QED) is 0.624. The Labute approximate surface area is 169 Å². The molecule has 1 saturated carbocycles. The number of hydrogen-bond acceptors (Lipinski definition) is 3. The monoisotopic (exact) mass is 396 g/mol. The Bertz CT molecular complexity index is 943. The van der Waals surface area contributed by atoms with Gasteiger partial charge in [-0.3, -0.25) is 9.69 Å². The molecule has 2 N–H and O–H groups in total. The van der Waals surface area contributed by atoms with Crippen molar-refractivity contribution in [3.8, 4) is 11.8 Å². The van der Waals surface area contributed by atoms with E-state index in [1.54, 1.807) is 18.2 Å². The first kappa shape index (κ1) is 19.8. The first-order chi connectivity index (χ1) is 13.4. The SMILES string of the molecule is COC(=O)CC1(N(C(N)=O)c2ccc(C#Cc3ccccc3)cc2Cl)CCC1. The summed E-state index contributed by atoms with van der Waals surface area (Å²) in [7, 11) is 1.33. The van der Waals surface area contributed by atoms with Gasteiger partial charge in [-0.1, -0.05) is 41.6 Å². The van der Waals surface area contributed by atoms with Gasteiger partial charge in [-0.25, -0.2) is 4.79 Å². The second kappa shape index (κ2) is 8.37. The van der Waals surface area contributed by atoms with Crippen LogP contribution in [0.15, 0.2) is 48.5 Å². The van der Waals surface area contributed by atoms with Crippen LogP contribution in [0.5, 0.6) is 0 Å². The predicted molar refractivity (Wildman–Crippen MR) is 109 cm³/mol. The number of carbonyl (C=O) groups excluding carboxylic acids is 2. The summed E-state index contributed by atoms with van der Waals surface area (Å²) in [5.41, 5.74) is 7.07. The van der Waals surface area contributed by atoms with Crippen LogP contribution in [0, 0.1) is 11.8 Å². The van der Waals surface area contributed by atoms with E-state index in [9.17, 15) is 9.59 Å². The molecule has 28 heavy (non-hydrogen) atoms. The molecule has 1 aliphatic rings. The Balaban J connectivity index is 1.91. The molecule has 5 nitrogen and oxygen atoms in total. The highest BCUT2D eigenvalue weighted by molar-refractivity contribution is 6.34. The summed E-state index contributed by atoms with van der Waals surface area (Å²) in [5.74, 6) is 5.75. The standard InChI is InChI=1S/C22H21ClN2O3/c1-28-20(26)15-22(12-5-13-22)25(21(24)27)19-11-10-17(14-18(19)23)9-8-16-6-3-2-4-7-16/h2-4,6-7,10-11,14H,5,12-13,15H2,1H3,(H2,24,27). The molecule has 2 aromatic carbocycles. The van der Waals surface area contributed by atoms with Crippen molar-refractivity contribution in [2.75, 3.05) is 12.0 Å². The number of nitrogens with two attached hydrogens (primary N) is 1. The molecular formula is C22H21ClN2O3. The van der Waals surface area contributed by atoms with Gasteiger partial charge in [-0.15, -0.1) is 0 Å². The van der Waals surface area contributed by atoms with Gasteiger partial charge in [0.1, 0.15) is 0 Å². The van der Waals surface area contributed by atoms with Crippen molar-refractivity contribution in [3.05, 3.63) is 64.7 Å². The second-order valence-electron chi connectivity index (χ2n) is 6.79. The Morgan fingerprint density at radius 1 is 1.14 bits per heavy atom. The third-order valence-corrected chi connectivity index (χ3v) is 5.30. The Morgan fingerprint density at radius 2 is 1.82 bits per heavy atom. The highest BCUT2D eigenvalue weighted by Crippen LogP contribution is 2.45. The zero-order valence-electron chi connectivity index (χ0n) is 15.6. The van der Waals surface area contributed by atoms with Crippen molar-refractivity contribution in [1.82, 2.24) is 0 Å². The number of hydrogen-bond donors (Lipinski definition) is 1. The van der Waals surface area contributed by atoms with Crippen LogP contribution < -0.4 is 10.6 Å². The smallest absolute Gasteiger partial charge is 0.319 e. The molecule has 1 aliphatic carbocycles. The number of urea groups is 1. The van der Waals surface area contributed by atoms with Crippen LogP contribution in [0.3, 0.4) is 0 Å². The zero-order valence-corrected chi connectivity index (χ0v) is 16.3. The van der Waals surface area contributed by atoms with Crippen LogP contribution in [0.4, 0.5) is 10.5 Å². The van der Waals surface area contributed by atoms with Crippen LogP contribution in [-0.2, 0) is 9.53 Å². The van der Waals surface area contributed by atoms with Crippen LogP contribution in [0.25, 0.3) is 0 Å². The van der Waals surface area contributed by atoms with E-state index in [0.29, 0.717) is 23.6 Å². The van der Waals surface area contributed by atoms with Gasteiger partial charge in [0.05, 0.1) is 29.8 Å². The number of rotatable bonds is 4. The molecule has 0 radical (unpaired) electrons. The first-order valence-electron chi connectivity index (χ1n) is 8.98. The van der Waals surface area contributed by atoms with Gasteiger partial charge in [-0.2, -0.15) is 0 Å². The maximum atomic E-state index is 12.3. The number of benzene rings is 2. The summed E-state index contributed by atoms with van der Waals surface area (Å²) in [6, 6.07) is 14.2. The maximum Gasteiger partial charge on any atom is 0.319 e. The Hall–Kier alpha value is -2.97. The fraction of sp³-hybridized carbons (Fsp3) is 0.273. The van der Waals surface area contributed by atoms with E-state index < -0.39 is 11.6 Å². The summed E-state index contributed by atoms with van der Waals surface area (Å²) in [6.07, 6.45) is 2.31. The number of methoxy groups -OCH3 is 1. The number of esters is 1. The zero-order chi connectivity index (χ0) is 20.1. The molecule has 0 unspecified atom stereocenters. The van der Waals surface area contributed by atoms with Crippen molar-refractivity contribution in [1.29, 1.82) is 0 Å². The minimum Gasteiger partial charge on any atom is -0.469 e. The largest absolute Gasteiger partial charge is 0.469 e. The van der Waals surface area contributed by atoms with Crippen LogP contribution >= 0.6 is 11.6 Å². The number of primary amides is 1. The number of nitrogens with zero attached hydrogens (tertiary/aromatic N) is 1. The number of halogens is 1. The van der Waals surface area contributed by atoms with Crippen molar-refractivity contribution in [2.24, 2.45) is 5.73 Å². The van der Waals surface area contributed by atoms with Gasteiger partial charge in [0, 0.05) is 11.1 Å². The predicted octanol–water partition coefficient (Wildman–Crippen LogP) is 4.11. The van der Waals surface area contributed by atoms with Gasteiger partial charge < -0.3 is 10.5 Å². The molecule has 0 atom stereocenters. The van der Waals surface area contributed by atoms with Crippen LogP contribution in [0.2, 0.25) is 5.02 Å². The van der Waals surface area contributed by atoms with E-state index in [2.05, 4.69) is 11.8 Å². The summed E-state index contributed by atoms with van der Waals surface area (Å²) in [5, 5.41) is 0.356. The van der Waals surface area contributed by atoms with E-state index >= 15 is 0 Å². The van der Waals surface area contributed by atoms with Crippen molar-refractivity contribution in [2.45, 2.75) is 31.2 Å². The lowest BCUT2D eigenvalue weighted by atomic mass is 9.72. The van der Waals surface area contributed by atoms with Crippen molar-refractivity contribution in [3.63, 3.8) is 0 Å². The van der Waals surface area contributed by atoms with E-state index in [0.717, 1.165) is 17.5 Å². The number of ether oxygens (including phenoxy) is 1. The summed E-state index contributed by atoms with van der Waals surface area (Å²) >= 11 is 6.47. The van der Waals surface area contributed by atoms with Crippen molar-refractivity contribution < 1.29 is 14.3 Å². The molecule has 0 heterocycles. The van der Waals surface area contributed by atoms with Gasteiger partial charge >= 0.3 is 12.0 Å². The van der Waals surface area contributed by atoms with Crippen molar-refractivity contribution >= 4 is 29.3 Å². The summed E-state index contributed by atoms with van der Waals surface area (Å²) < 4.78 is 4.80. The van der Waals surface area contributed by atoms with E-state index in [-0.39, 0.29) is 12.4 Å². The second-order valence-corrected chi connectivity index (χ2v) is 7.19. The fourth-order valence-corrected chi connectivity index (χ4v) is 3.71. The van der Waals surface area contributed by atoms with Crippen LogP contribution in [-0.4, -0.2) is 24.6 Å². The lowest BCUT2D eigenvalue weighted by molar-refractivity contribution is -0.142. The minimum atomic E-state index is -0.695. The lowest BCUT2D eigenvalue weighted by Crippen LogP contribution is -2.59. The number of amides is 2.